The van der Waals surface area contributed by atoms with Gasteiger partial charge in [0.1, 0.15) is 24.4 Å². The van der Waals surface area contributed by atoms with E-state index in [1.54, 1.807) is 13.2 Å². The first-order valence-electron chi connectivity index (χ1n) is 11.8. The van der Waals surface area contributed by atoms with Gasteiger partial charge in [-0.3, -0.25) is 14.5 Å². The molecular formula is C25H37N3O5. The van der Waals surface area contributed by atoms with Crippen LogP contribution in [-0.4, -0.2) is 55.2 Å². The van der Waals surface area contributed by atoms with Gasteiger partial charge in [-0.2, -0.15) is 0 Å². The minimum absolute atomic E-state index is 0.212. The number of rotatable bonds is 9. The van der Waals surface area contributed by atoms with Crippen molar-refractivity contribution in [2.75, 3.05) is 32.2 Å². The minimum Gasteiger partial charge on any atom is -0.489 e. The van der Waals surface area contributed by atoms with Crippen LogP contribution in [0.4, 0.5) is 10.5 Å². The maximum absolute atomic E-state index is 13.2. The Bertz CT molecular complexity index is 890. The van der Waals surface area contributed by atoms with Gasteiger partial charge >= 0.3 is 6.03 Å². The van der Waals surface area contributed by atoms with Crippen LogP contribution in [0.3, 0.4) is 0 Å². The predicted molar refractivity (Wildman–Crippen MR) is 126 cm³/mol. The van der Waals surface area contributed by atoms with Crippen molar-refractivity contribution in [1.29, 1.82) is 0 Å². The van der Waals surface area contributed by atoms with Crippen molar-refractivity contribution in [3.05, 3.63) is 23.8 Å². The number of amides is 4. The van der Waals surface area contributed by atoms with Crippen LogP contribution in [0.2, 0.25) is 0 Å². The zero-order valence-corrected chi connectivity index (χ0v) is 20.5. The zero-order chi connectivity index (χ0) is 24.2. The van der Waals surface area contributed by atoms with Crippen LogP contribution in [0.15, 0.2) is 18.2 Å². The summed E-state index contributed by atoms with van der Waals surface area (Å²) in [6.07, 6.45) is 4.07. The van der Waals surface area contributed by atoms with Crippen LogP contribution in [0.1, 0.15) is 58.4 Å². The second kappa shape index (κ2) is 10.1. The molecule has 0 bridgehead atoms. The van der Waals surface area contributed by atoms with E-state index in [1.165, 1.54) is 0 Å². The van der Waals surface area contributed by atoms with Gasteiger partial charge in [0.25, 0.3) is 5.91 Å². The lowest BCUT2D eigenvalue weighted by molar-refractivity contribution is -0.135. The standard InChI is InChI=1S/C25H37N3O5/c1-6-24(3,4)18-9-11-25(12-10-18)22(30)28(23(31)27-25)16-21(29)26-19-8-7-17(2)15-20(19)33-14-13-32-5/h7-8,15,18H,6,9-14,16H2,1-5H3,(H,26,29)(H,27,31). The SMILES string of the molecule is CCC(C)(C)C1CCC2(CC1)NC(=O)N(CC(=O)Nc1ccc(C)cc1OCCOC)C2=O. The molecule has 0 atom stereocenters. The molecule has 1 aliphatic carbocycles. The van der Waals surface area contributed by atoms with Gasteiger partial charge in [-0.1, -0.05) is 33.3 Å². The Morgan fingerprint density at radius 3 is 2.58 bits per heavy atom. The molecule has 182 valence electrons. The number of benzene rings is 1. The number of hydrogen-bond acceptors (Lipinski definition) is 5. The summed E-state index contributed by atoms with van der Waals surface area (Å²) in [4.78, 5) is 39.7. The van der Waals surface area contributed by atoms with Crippen molar-refractivity contribution in [1.82, 2.24) is 10.2 Å². The van der Waals surface area contributed by atoms with Gasteiger partial charge in [-0.15, -0.1) is 0 Å². The molecule has 2 N–H and O–H groups in total. The number of urea groups is 1. The molecule has 2 aliphatic rings. The summed E-state index contributed by atoms with van der Waals surface area (Å²) in [5.41, 5.74) is 0.809. The maximum atomic E-state index is 13.2. The van der Waals surface area contributed by atoms with Crippen LogP contribution in [0, 0.1) is 18.3 Å². The molecule has 4 amide bonds. The number of imide groups is 1. The molecule has 2 fully saturated rings. The molecule has 8 heteroatoms. The van der Waals surface area contributed by atoms with E-state index in [1.807, 2.05) is 19.1 Å². The molecule has 0 aromatic heterocycles. The van der Waals surface area contributed by atoms with Gasteiger partial charge in [-0.25, -0.2) is 4.79 Å². The molecule has 1 heterocycles. The first-order chi connectivity index (χ1) is 15.6. The van der Waals surface area contributed by atoms with Crippen LogP contribution in [0.5, 0.6) is 5.75 Å². The fourth-order valence-electron chi connectivity index (χ4n) is 4.76. The molecule has 1 aromatic carbocycles. The quantitative estimate of drug-likeness (QED) is 0.432. The summed E-state index contributed by atoms with van der Waals surface area (Å²) < 4.78 is 10.7. The number of nitrogens with one attached hydrogen (secondary N) is 2. The monoisotopic (exact) mass is 459 g/mol. The number of nitrogens with zero attached hydrogens (tertiary/aromatic N) is 1. The lowest BCUT2D eigenvalue weighted by Crippen LogP contribution is -2.51. The lowest BCUT2D eigenvalue weighted by atomic mass is 9.65. The van der Waals surface area contributed by atoms with Gasteiger partial charge in [-0.05, 0) is 61.6 Å². The number of ether oxygens (including phenoxy) is 2. The van der Waals surface area contributed by atoms with Crippen molar-refractivity contribution >= 4 is 23.5 Å². The summed E-state index contributed by atoms with van der Waals surface area (Å²) in [7, 11) is 1.59. The molecule has 33 heavy (non-hydrogen) atoms. The summed E-state index contributed by atoms with van der Waals surface area (Å²) in [5, 5.41) is 5.68. The van der Waals surface area contributed by atoms with Gasteiger partial charge in [0.15, 0.2) is 0 Å². The number of carbonyl (C=O) groups is 3. The molecule has 3 rings (SSSR count). The van der Waals surface area contributed by atoms with E-state index >= 15 is 0 Å². The van der Waals surface area contributed by atoms with E-state index in [0.717, 1.165) is 29.7 Å². The van der Waals surface area contributed by atoms with Gasteiger partial charge in [0, 0.05) is 7.11 Å². The molecule has 0 unspecified atom stereocenters. The smallest absolute Gasteiger partial charge is 0.325 e. The molecular weight excluding hydrogens is 422 g/mol. The predicted octanol–water partition coefficient (Wildman–Crippen LogP) is 3.88. The molecule has 1 aliphatic heterocycles. The largest absolute Gasteiger partial charge is 0.489 e. The Hall–Kier alpha value is -2.61. The first-order valence-corrected chi connectivity index (χ1v) is 11.8. The second-order valence-corrected chi connectivity index (χ2v) is 9.91. The third-order valence-corrected chi connectivity index (χ3v) is 7.36. The van der Waals surface area contributed by atoms with Crippen LogP contribution in [0.25, 0.3) is 0 Å². The molecule has 1 saturated heterocycles. The first kappa shape index (κ1) is 25.0. The van der Waals surface area contributed by atoms with Gasteiger partial charge in [0.05, 0.1) is 12.3 Å². The van der Waals surface area contributed by atoms with Crippen molar-refractivity contribution in [2.45, 2.75) is 65.3 Å². The van der Waals surface area contributed by atoms with Gasteiger partial charge < -0.3 is 20.1 Å². The van der Waals surface area contributed by atoms with E-state index in [2.05, 4.69) is 31.4 Å². The molecule has 0 radical (unpaired) electrons. The highest BCUT2D eigenvalue weighted by atomic mass is 16.5. The Morgan fingerprint density at radius 2 is 1.94 bits per heavy atom. The van der Waals surface area contributed by atoms with Crippen molar-refractivity contribution in [3.8, 4) is 5.75 Å². The molecule has 1 saturated carbocycles. The van der Waals surface area contributed by atoms with E-state index < -0.39 is 17.5 Å². The maximum Gasteiger partial charge on any atom is 0.325 e. The van der Waals surface area contributed by atoms with E-state index in [9.17, 15) is 14.4 Å². The second-order valence-electron chi connectivity index (χ2n) is 9.91. The Labute approximate surface area is 196 Å². The third-order valence-electron chi connectivity index (χ3n) is 7.36. The highest BCUT2D eigenvalue weighted by molar-refractivity contribution is 6.10. The fourth-order valence-corrected chi connectivity index (χ4v) is 4.76. The van der Waals surface area contributed by atoms with Crippen molar-refractivity contribution < 1.29 is 23.9 Å². The highest BCUT2D eigenvalue weighted by Crippen LogP contribution is 2.45. The summed E-state index contributed by atoms with van der Waals surface area (Å²) in [6, 6.07) is 4.94. The zero-order valence-electron chi connectivity index (χ0n) is 20.5. The van der Waals surface area contributed by atoms with Crippen molar-refractivity contribution in [2.24, 2.45) is 11.3 Å². The van der Waals surface area contributed by atoms with E-state index in [0.29, 0.717) is 43.4 Å². The Balaban J connectivity index is 1.63. The normalized spacial score (nSPS) is 23.1. The van der Waals surface area contributed by atoms with Gasteiger partial charge in [0.2, 0.25) is 5.91 Å². The minimum atomic E-state index is -0.879. The summed E-state index contributed by atoms with van der Waals surface area (Å²) in [6.45, 7) is 9.07. The Morgan fingerprint density at radius 1 is 1.24 bits per heavy atom. The summed E-state index contributed by atoms with van der Waals surface area (Å²) in [5.74, 6) is 0.298. The number of aryl methyl sites for hydroxylation is 1. The van der Waals surface area contributed by atoms with Crippen LogP contribution >= 0.6 is 0 Å². The number of carbonyl (C=O) groups excluding carboxylic acids is 3. The number of hydrogen-bond donors (Lipinski definition) is 2. The Kier molecular flexibility index (Phi) is 7.67. The molecule has 1 aromatic rings. The summed E-state index contributed by atoms with van der Waals surface area (Å²) >= 11 is 0. The van der Waals surface area contributed by atoms with E-state index in [4.69, 9.17) is 9.47 Å². The average Bonchev–Trinajstić information content (AvgIpc) is 3.00. The topological polar surface area (TPSA) is 97.0 Å². The molecule has 1 spiro atoms. The van der Waals surface area contributed by atoms with Crippen molar-refractivity contribution in [3.63, 3.8) is 0 Å². The fraction of sp³-hybridized carbons (Fsp3) is 0.640. The van der Waals surface area contributed by atoms with E-state index in [-0.39, 0.29) is 17.9 Å². The third kappa shape index (κ3) is 5.49. The average molecular weight is 460 g/mol. The van der Waals surface area contributed by atoms with Crippen LogP contribution < -0.4 is 15.4 Å². The number of methoxy groups -OCH3 is 1. The number of anilines is 1. The lowest BCUT2D eigenvalue weighted by Gasteiger charge is -2.42. The highest BCUT2D eigenvalue weighted by Gasteiger charge is 2.53. The van der Waals surface area contributed by atoms with Crippen LogP contribution in [-0.2, 0) is 14.3 Å². The molecule has 8 nitrogen and oxygen atoms in total.